The summed E-state index contributed by atoms with van der Waals surface area (Å²) in [5.74, 6) is 0.938. The highest BCUT2D eigenvalue weighted by molar-refractivity contribution is 5.31. The van der Waals surface area contributed by atoms with Crippen molar-refractivity contribution in [2.24, 2.45) is 0 Å². The van der Waals surface area contributed by atoms with Crippen molar-refractivity contribution in [3.63, 3.8) is 0 Å². The van der Waals surface area contributed by atoms with Crippen LogP contribution in [0.4, 0.5) is 5.95 Å². The third kappa shape index (κ3) is 3.48. The maximum absolute atomic E-state index is 5.58. The van der Waals surface area contributed by atoms with E-state index < -0.39 is 0 Å². The zero-order valence-corrected chi connectivity index (χ0v) is 13.2. The van der Waals surface area contributed by atoms with Gasteiger partial charge in [-0.3, -0.25) is 0 Å². The number of anilines is 1. The lowest BCUT2D eigenvalue weighted by atomic mass is 10.3. The number of nitrogens with one attached hydrogen (secondary N) is 1. The number of hydrogen-bond acceptors (Lipinski definition) is 6. The normalized spacial score (nSPS) is 11.0. The molecule has 7 nitrogen and oxygen atoms in total. The molecular formula is C14H22N6O. The molecule has 0 aliphatic carbocycles. The molecule has 0 amide bonds. The van der Waals surface area contributed by atoms with Gasteiger partial charge >= 0.3 is 6.01 Å². The largest absolute Gasteiger partial charge is 0.461 e. The molecule has 2 rings (SSSR count). The first-order chi connectivity index (χ1) is 10.1. The van der Waals surface area contributed by atoms with Gasteiger partial charge in [0.25, 0.3) is 5.95 Å². The van der Waals surface area contributed by atoms with Crippen LogP contribution >= 0.6 is 0 Å². The molecule has 1 N–H and O–H groups in total. The molecular weight excluding hydrogens is 268 g/mol. The highest BCUT2D eigenvalue weighted by Crippen LogP contribution is 2.15. The van der Waals surface area contributed by atoms with Crippen molar-refractivity contribution in [2.75, 3.05) is 12.4 Å². The first-order valence-electron chi connectivity index (χ1n) is 7.26. The van der Waals surface area contributed by atoms with Gasteiger partial charge in [-0.15, -0.1) is 0 Å². The van der Waals surface area contributed by atoms with Gasteiger partial charge in [-0.25, -0.2) is 4.68 Å². The third-order valence-electron chi connectivity index (χ3n) is 2.92. The van der Waals surface area contributed by atoms with Gasteiger partial charge in [-0.2, -0.15) is 20.1 Å². The first kappa shape index (κ1) is 15.2. The lowest BCUT2D eigenvalue weighted by Gasteiger charge is -2.11. The molecule has 0 radical (unpaired) electrons. The second-order valence-electron chi connectivity index (χ2n) is 4.90. The van der Waals surface area contributed by atoms with Gasteiger partial charge in [0.2, 0.25) is 5.95 Å². The summed E-state index contributed by atoms with van der Waals surface area (Å²) in [5.41, 5.74) is 2.08. The highest BCUT2D eigenvalue weighted by atomic mass is 16.5. The molecule has 21 heavy (non-hydrogen) atoms. The van der Waals surface area contributed by atoms with Crippen LogP contribution in [0.1, 0.15) is 39.1 Å². The third-order valence-corrected chi connectivity index (χ3v) is 2.92. The van der Waals surface area contributed by atoms with Gasteiger partial charge in [-0.1, -0.05) is 13.8 Å². The van der Waals surface area contributed by atoms with Crippen LogP contribution in [0.5, 0.6) is 6.01 Å². The maximum Gasteiger partial charge on any atom is 0.323 e. The number of aromatic nitrogens is 5. The molecule has 0 fully saturated rings. The molecule has 0 aromatic carbocycles. The van der Waals surface area contributed by atoms with Gasteiger partial charge in [0.15, 0.2) is 0 Å². The molecule has 0 spiro atoms. The summed E-state index contributed by atoms with van der Waals surface area (Å²) in [4.78, 5) is 12.9. The van der Waals surface area contributed by atoms with E-state index in [1.54, 1.807) is 11.7 Å². The van der Waals surface area contributed by atoms with Crippen molar-refractivity contribution in [1.29, 1.82) is 0 Å². The molecule has 0 saturated heterocycles. The van der Waals surface area contributed by atoms with Crippen molar-refractivity contribution in [3.8, 4) is 12.0 Å². The van der Waals surface area contributed by atoms with Crippen LogP contribution in [-0.4, -0.2) is 37.9 Å². The van der Waals surface area contributed by atoms with Crippen LogP contribution in [0.3, 0.4) is 0 Å². The minimum Gasteiger partial charge on any atom is -0.461 e. The number of hydrogen-bond donors (Lipinski definition) is 1. The van der Waals surface area contributed by atoms with E-state index in [4.69, 9.17) is 4.74 Å². The van der Waals surface area contributed by atoms with E-state index in [-0.39, 0.29) is 6.10 Å². The van der Waals surface area contributed by atoms with Crippen molar-refractivity contribution in [2.45, 2.75) is 46.6 Å². The SMILES string of the molecule is CCc1cc(CC)n(-c2nc(NC)nc(OC(C)C)n2)n1. The average molecular weight is 290 g/mol. The number of nitrogens with zero attached hydrogens (tertiary/aromatic N) is 5. The molecule has 0 unspecified atom stereocenters. The predicted octanol–water partition coefficient (Wildman–Crippen LogP) is 2.01. The number of aryl methyl sites for hydroxylation is 2. The Morgan fingerprint density at radius 1 is 1.19 bits per heavy atom. The van der Waals surface area contributed by atoms with E-state index in [9.17, 15) is 0 Å². The summed E-state index contributed by atoms with van der Waals surface area (Å²) in [7, 11) is 1.76. The Kier molecular flexibility index (Phi) is 4.72. The minimum atomic E-state index is -0.000532. The summed E-state index contributed by atoms with van der Waals surface area (Å²) >= 11 is 0. The van der Waals surface area contributed by atoms with Gasteiger partial charge in [0.1, 0.15) is 0 Å². The molecule has 0 saturated carbocycles. The molecule has 0 aliphatic heterocycles. The molecule has 0 bridgehead atoms. The fourth-order valence-corrected chi connectivity index (χ4v) is 1.89. The fraction of sp³-hybridized carbons (Fsp3) is 0.571. The Morgan fingerprint density at radius 3 is 2.52 bits per heavy atom. The lowest BCUT2D eigenvalue weighted by molar-refractivity contribution is 0.221. The highest BCUT2D eigenvalue weighted by Gasteiger charge is 2.14. The van der Waals surface area contributed by atoms with Gasteiger partial charge in [0, 0.05) is 12.7 Å². The Hall–Kier alpha value is -2.18. The Morgan fingerprint density at radius 2 is 1.95 bits per heavy atom. The summed E-state index contributed by atoms with van der Waals surface area (Å²) in [6.45, 7) is 8.02. The second kappa shape index (κ2) is 6.51. The maximum atomic E-state index is 5.58. The minimum absolute atomic E-state index is 0.000532. The Labute approximate surface area is 124 Å². The summed E-state index contributed by atoms with van der Waals surface area (Å²) in [6, 6.07) is 2.38. The van der Waals surface area contributed by atoms with Crippen LogP contribution in [0, 0.1) is 0 Å². The van der Waals surface area contributed by atoms with Crippen LogP contribution in [0.15, 0.2) is 6.07 Å². The van der Waals surface area contributed by atoms with Crippen molar-refractivity contribution in [1.82, 2.24) is 24.7 Å². The van der Waals surface area contributed by atoms with Crippen molar-refractivity contribution < 1.29 is 4.74 Å². The monoisotopic (exact) mass is 290 g/mol. The standard InChI is InChI=1S/C14H22N6O/c1-6-10-8-11(7-2)20(19-10)13-16-12(15-5)17-14(18-13)21-9(3)4/h8-9H,6-7H2,1-5H3,(H,15,16,17,18). The van der Waals surface area contributed by atoms with Crippen molar-refractivity contribution in [3.05, 3.63) is 17.5 Å². The zero-order chi connectivity index (χ0) is 15.4. The molecule has 2 aromatic rings. The molecule has 0 atom stereocenters. The molecule has 0 aliphatic rings. The summed E-state index contributed by atoms with van der Waals surface area (Å²) in [5, 5.41) is 7.47. The zero-order valence-electron chi connectivity index (χ0n) is 13.2. The number of ether oxygens (including phenoxy) is 1. The predicted molar refractivity (Wildman–Crippen MR) is 81.0 cm³/mol. The van der Waals surface area contributed by atoms with Crippen molar-refractivity contribution >= 4 is 5.95 Å². The summed E-state index contributed by atoms with van der Waals surface area (Å²) in [6.07, 6.45) is 1.73. The van der Waals surface area contributed by atoms with Crippen LogP contribution in [0.25, 0.3) is 5.95 Å². The Balaban J connectivity index is 2.49. The van der Waals surface area contributed by atoms with Gasteiger partial charge in [0.05, 0.1) is 11.8 Å². The van der Waals surface area contributed by atoms with E-state index in [0.29, 0.717) is 17.9 Å². The second-order valence-corrected chi connectivity index (χ2v) is 4.90. The number of rotatable bonds is 6. The van der Waals surface area contributed by atoms with Crippen LogP contribution < -0.4 is 10.1 Å². The smallest absolute Gasteiger partial charge is 0.323 e. The summed E-state index contributed by atoms with van der Waals surface area (Å²) < 4.78 is 7.34. The molecule has 7 heteroatoms. The van der Waals surface area contributed by atoms with E-state index in [0.717, 1.165) is 24.2 Å². The Bertz CT molecular complexity index is 608. The van der Waals surface area contributed by atoms with E-state index >= 15 is 0 Å². The van der Waals surface area contributed by atoms with E-state index in [1.165, 1.54) is 0 Å². The molecule has 114 valence electrons. The average Bonchev–Trinajstić information content (AvgIpc) is 2.89. The molecule has 2 aromatic heterocycles. The van der Waals surface area contributed by atoms with Crippen LogP contribution in [-0.2, 0) is 12.8 Å². The van der Waals surface area contributed by atoms with E-state index in [1.807, 2.05) is 13.8 Å². The van der Waals surface area contributed by atoms with E-state index in [2.05, 4.69) is 45.3 Å². The van der Waals surface area contributed by atoms with Gasteiger partial charge in [-0.05, 0) is 32.8 Å². The first-order valence-corrected chi connectivity index (χ1v) is 7.26. The quantitative estimate of drug-likeness (QED) is 0.877. The fourth-order valence-electron chi connectivity index (χ4n) is 1.89. The van der Waals surface area contributed by atoms with Crippen LogP contribution in [0.2, 0.25) is 0 Å². The lowest BCUT2D eigenvalue weighted by Crippen LogP contribution is -2.14. The topological polar surface area (TPSA) is 77.8 Å². The van der Waals surface area contributed by atoms with Gasteiger partial charge < -0.3 is 10.1 Å². The molecule has 2 heterocycles.